The minimum Gasteiger partial charge on any atom is -0.493 e. The van der Waals surface area contributed by atoms with Crippen LogP contribution in [0.5, 0.6) is 17.2 Å². The number of hydrogen-bond donors (Lipinski definition) is 3. The molecule has 0 aromatic heterocycles. The Kier molecular flexibility index (Phi) is 10.6. The van der Waals surface area contributed by atoms with Crippen LogP contribution in [0.3, 0.4) is 0 Å². The normalized spacial score (nSPS) is 21.2. The first-order valence-electron chi connectivity index (χ1n) is 15.2. The Morgan fingerprint density at radius 2 is 1.52 bits per heavy atom. The molecule has 4 amide bonds. The molecule has 0 radical (unpaired) electrons. The molecule has 3 aliphatic rings. The zero-order chi connectivity index (χ0) is 30.3. The fourth-order valence-corrected chi connectivity index (χ4v) is 7.05. The molecule has 1 heterocycles. The Bertz CT molecular complexity index is 1120. The molecule has 2 atom stereocenters. The summed E-state index contributed by atoms with van der Waals surface area (Å²) in [5, 5.41) is 5.60. The number of nitrogens with one attached hydrogen (secondary N) is 2. The van der Waals surface area contributed by atoms with Gasteiger partial charge in [0.2, 0.25) is 29.4 Å². The SMILES string of the molecule is COc1cc(C(C(=O)N2CCCCC2C(=O)NC2(C(=O)NCC(N)=O)CCCC2)C2CCCCC2)cc(OC)c1OC. The van der Waals surface area contributed by atoms with E-state index in [1.807, 2.05) is 12.1 Å². The maximum absolute atomic E-state index is 14.6. The number of carbonyl (C=O) groups is 4. The van der Waals surface area contributed by atoms with E-state index in [0.717, 1.165) is 63.4 Å². The molecule has 1 aliphatic heterocycles. The van der Waals surface area contributed by atoms with E-state index >= 15 is 0 Å². The van der Waals surface area contributed by atoms with Crippen molar-refractivity contribution in [3.8, 4) is 17.2 Å². The van der Waals surface area contributed by atoms with Gasteiger partial charge in [-0.25, -0.2) is 0 Å². The van der Waals surface area contributed by atoms with E-state index in [2.05, 4.69) is 10.6 Å². The molecule has 2 unspecified atom stereocenters. The van der Waals surface area contributed by atoms with Gasteiger partial charge in [-0.1, -0.05) is 32.1 Å². The third-order valence-corrected chi connectivity index (χ3v) is 9.20. The van der Waals surface area contributed by atoms with Crippen molar-refractivity contribution in [1.29, 1.82) is 0 Å². The molecular formula is C31H46N4O7. The predicted molar refractivity (Wildman–Crippen MR) is 156 cm³/mol. The molecule has 1 saturated heterocycles. The number of hydrogen-bond acceptors (Lipinski definition) is 7. The summed E-state index contributed by atoms with van der Waals surface area (Å²) in [4.78, 5) is 54.6. The highest BCUT2D eigenvalue weighted by molar-refractivity contribution is 5.97. The van der Waals surface area contributed by atoms with E-state index < -0.39 is 29.3 Å². The van der Waals surface area contributed by atoms with Crippen molar-refractivity contribution in [3.05, 3.63) is 17.7 Å². The van der Waals surface area contributed by atoms with Crippen LogP contribution in [0.4, 0.5) is 0 Å². The largest absolute Gasteiger partial charge is 0.493 e. The van der Waals surface area contributed by atoms with Gasteiger partial charge in [0.05, 0.1) is 33.8 Å². The number of nitrogens with two attached hydrogens (primary N) is 1. The van der Waals surface area contributed by atoms with Crippen LogP contribution in [0.2, 0.25) is 0 Å². The van der Waals surface area contributed by atoms with Gasteiger partial charge in [-0.2, -0.15) is 0 Å². The number of primary amides is 1. The number of rotatable bonds is 11. The van der Waals surface area contributed by atoms with Gasteiger partial charge >= 0.3 is 0 Å². The van der Waals surface area contributed by atoms with Crippen LogP contribution in [-0.4, -0.2) is 74.5 Å². The van der Waals surface area contributed by atoms with Crippen LogP contribution in [0.15, 0.2) is 12.1 Å². The van der Waals surface area contributed by atoms with Gasteiger partial charge in [-0.15, -0.1) is 0 Å². The van der Waals surface area contributed by atoms with Crippen molar-refractivity contribution in [3.63, 3.8) is 0 Å². The van der Waals surface area contributed by atoms with Gasteiger partial charge in [-0.05, 0) is 68.6 Å². The van der Waals surface area contributed by atoms with Gasteiger partial charge < -0.3 is 35.5 Å². The number of likely N-dealkylation sites (tertiary alicyclic amines) is 1. The zero-order valence-corrected chi connectivity index (χ0v) is 25.2. The molecule has 1 aromatic rings. The lowest BCUT2D eigenvalue weighted by atomic mass is 9.75. The summed E-state index contributed by atoms with van der Waals surface area (Å²) in [6.45, 7) is 0.174. The molecule has 2 aliphatic carbocycles. The summed E-state index contributed by atoms with van der Waals surface area (Å²) in [6, 6.07) is 3.02. The number of amides is 4. The second kappa shape index (κ2) is 14.1. The van der Waals surface area contributed by atoms with Crippen LogP contribution in [0.1, 0.15) is 88.5 Å². The molecule has 232 valence electrons. The number of ether oxygens (including phenoxy) is 3. The average Bonchev–Trinajstić information content (AvgIpc) is 3.49. The van der Waals surface area contributed by atoms with Crippen molar-refractivity contribution in [1.82, 2.24) is 15.5 Å². The highest BCUT2D eigenvalue weighted by Gasteiger charge is 2.46. The van der Waals surface area contributed by atoms with Gasteiger partial charge in [0.1, 0.15) is 11.6 Å². The van der Waals surface area contributed by atoms with Crippen molar-refractivity contribution >= 4 is 23.6 Å². The average molecular weight is 587 g/mol. The third kappa shape index (κ3) is 6.76. The summed E-state index contributed by atoms with van der Waals surface area (Å²) < 4.78 is 16.8. The van der Waals surface area contributed by atoms with Crippen molar-refractivity contribution in [2.24, 2.45) is 11.7 Å². The maximum Gasteiger partial charge on any atom is 0.246 e. The monoisotopic (exact) mass is 586 g/mol. The van der Waals surface area contributed by atoms with Gasteiger partial charge in [0.25, 0.3) is 0 Å². The highest BCUT2D eigenvalue weighted by Crippen LogP contribution is 2.45. The molecule has 11 heteroatoms. The van der Waals surface area contributed by atoms with Gasteiger partial charge in [-0.3, -0.25) is 19.2 Å². The molecular weight excluding hydrogens is 540 g/mol. The Labute approximate surface area is 248 Å². The molecule has 0 spiro atoms. The van der Waals surface area contributed by atoms with Crippen LogP contribution in [0.25, 0.3) is 0 Å². The van der Waals surface area contributed by atoms with E-state index in [9.17, 15) is 19.2 Å². The molecule has 0 bridgehead atoms. The van der Waals surface area contributed by atoms with E-state index in [1.54, 1.807) is 26.2 Å². The quantitative estimate of drug-likeness (QED) is 0.361. The zero-order valence-electron chi connectivity index (χ0n) is 25.2. The van der Waals surface area contributed by atoms with Crippen molar-refractivity contribution < 1.29 is 33.4 Å². The number of carbonyl (C=O) groups excluding carboxylic acids is 4. The fourth-order valence-electron chi connectivity index (χ4n) is 7.05. The van der Waals surface area contributed by atoms with Crippen molar-refractivity contribution in [2.75, 3.05) is 34.4 Å². The second-order valence-corrected chi connectivity index (χ2v) is 11.8. The smallest absolute Gasteiger partial charge is 0.246 e. The summed E-state index contributed by atoms with van der Waals surface area (Å²) in [5.74, 6) is -0.401. The fraction of sp³-hybridized carbons (Fsp3) is 0.677. The molecule has 4 N–H and O–H groups in total. The second-order valence-electron chi connectivity index (χ2n) is 11.8. The van der Waals surface area contributed by atoms with E-state index in [1.165, 1.54) is 0 Å². The van der Waals surface area contributed by atoms with Gasteiger partial charge in [0.15, 0.2) is 11.5 Å². The number of piperidine rings is 1. The molecule has 2 saturated carbocycles. The standard InChI is InChI=1S/C31H46N4O7/c1-40-23-17-21(18-24(41-2)27(23)42-3)26(20-11-5-4-6-12-20)29(38)35-16-10-7-13-22(35)28(37)34-31(14-8-9-15-31)30(39)33-19-25(32)36/h17-18,20,22,26H,4-16,19H2,1-3H3,(H2,32,36)(H,33,39)(H,34,37). The molecule has 1 aromatic carbocycles. The summed E-state index contributed by atoms with van der Waals surface area (Å²) in [7, 11) is 4.66. The van der Waals surface area contributed by atoms with Crippen LogP contribution in [-0.2, 0) is 19.2 Å². The first-order valence-corrected chi connectivity index (χ1v) is 15.2. The lowest BCUT2D eigenvalue weighted by molar-refractivity contribution is -0.146. The van der Waals surface area contributed by atoms with Crippen LogP contribution < -0.4 is 30.6 Å². The van der Waals surface area contributed by atoms with Crippen molar-refractivity contribution in [2.45, 2.75) is 94.5 Å². The summed E-state index contributed by atoms with van der Waals surface area (Å²) in [5.41, 5.74) is 4.90. The minimum atomic E-state index is -1.11. The first-order chi connectivity index (χ1) is 20.2. The third-order valence-electron chi connectivity index (χ3n) is 9.20. The number of methoxy groups -OCH3 is 3. The minimum absolute atomic E-state index is 0.0883. The molecule has 3 fully saturated rings. The van der Waals surface area contributed by atoms with Crippen LogP contribution >= 0.6 is 0 Å². The highest BCUT2D eigenvalue weighted by atomic mass is 16.5. The lowest BCUT2D eigenvalue weighted by Gasteiger charge is -2.41. The van der Waals surface area contributed by atoms with E-state index in [-0.39, 0.29) is 24.3 Å². The van der Waals surface area contributed by atoms with E-state index in [4.69, 9.17) is 19.9 Å². The topological polar surface area (TPSA) is 149 Å². The Morgan fingerprint density at radius 3 is 2.10 bits per heavy atom. The van der Waals surface area contributed by atoms with Crippen LogP contribution in [0, 0.1) is 5.92 Å². The Balaban J connectivity index is 1.65. The predicted octanol–water partition coefficient (Wildman–Crippen LogP) is 2.79. The molecule has 4 rings (SSSR count). The molecule has 11 nitrogen and oxygen atoms in total. The van der Waals surface area contributed by atoms with Gasteiger partial charge in [0, 0.05) is 6.54 Å². The first kappa shape index (κ1) is 31.4. The maximum atomic E-state index is 14.6. The summed E-state index contributed by atoms with van der Waals surface area (Å²) >= 11 is 0. The number of nitrogens with zero attached hydrogens (tertiary/aromatic N) is 1. The Hall–Kier alpha value is -3.50. The molecule has 42 heavy (non-hydrogen) atoms. The summed E-state index contributed by atoms with van der Waals surface area (Å²) in [6.07, 6.45) is 9.70. The number of benzene rings is 1. The van der Waals surface area contributed by atoms with E-state index in [0.29, 0.717) is 43.1 Å². The lowest BCUT2D eigenvalue weighted by Crippen LogP contribution is -2.62. The Morgan fingerprint density at radius 1 is 0.905 bits per heavy atom.